The summed E-state index contributed by atoms with van der Waals surface area (Å²) in [6.45, 7) is 3.76. The molecule has 164 valence electrons. The number of hydrogen-bond acceptors (Lipinski definition) is 4. The van der Waals surface area contributed by atoms with Crippen LogP contribution in [0.15, 0.2) is 47.1 Å². The molecule has 5 unspecified atom stereocenters. The van der Waals surface area contributed by atoms with Crippen molar-refractivity contribution in [2.24, 2.45) is 17.3 Å². The van der Waals surface area contributed by atoms with Gasteiger partial charge in [-0.1, -0.05) is 24.6 Å². The van der Waals surface area contributed by atoms with Gasteiger partial charge in [0.05, 0.1) is 12.2 Å². The summed E-state index contributed by atoms with van der Waals surface area (Å²) in [6.07, 6.45) is 8.22. The Kier molecular flexibility index (Phi) is 4.49. The van der Waals surface area contributed by atoms with Gasteiger partial charge in [0.2, 0.25) is 0 Å². The van der Waals surface area contributed by atoms with E-state index >= 15 is 0 Å². The van der Waals surface area contributed by atoms with E-state index in [9.17, 15) is 15.0 Å². The molecule has 31 heavy (non-hydrogen) atoms. The molecule has 1 aromatic carbocycles. The van der Waals surface area contributed by atoms with E-state index in [0.717, 1.165) is 38.5 Å². The lowest BCUT2D eigenvalue weighted by Crippen LogP contribution is -2.50. The molecule has 5 aliphatic rings. The number of allylic oxidation sites excluding steroid dienone is 4. The predicted octanol–water partition coefficient (Wildman–Crippen LogP) is 4.13. The van der Waals surface area contributed by atoms with Gasteiger partial charge in [0.15, 0.2) is 5.78 Å². The molecule has 0 radical (unpaired) electrons. The number of aliphatic hydroxyl groups is 2. The van der Waals surface area contributed by atoms with Crippen LogP contribution in [0.5, 0.6) is 0 Å². The Morgan fingerprint density at radius 2 is 1.77 bits per heavy atom. The Bertz CT molecular complexity index is 971. The Labute approximate surface area is 184 Å². The molecule has 1 aromatic rings. The normalized spacial score (nSPS) is 37.7. The highest BCUT2D eigenvalue weighted by Gasteiger charge is 2.56. The highest BCUT2D eigenvalue weighted by Crippen LogP contribution is 2.63. The molecule has 0 amide bonds. The standard InChI is InChI=1S/C27H33NO3/c1-27-13-23(16-2-5-18(6-3-16)28-14-20(30)15-28)26-21-9-7-19(29)12-17(21)4-8-22(26)24(27)10-11-25(27)31/h2-3,5-6,12,20,22-25,30-31H,4,7-11,13-15H2,1H3. The van der Waals surface area contributed by atoms with Crippen molar-refractivity contribution in [3.8, 4) is 0 Å². The van der Waals surface area contributed by atoms with E-state index in [2.05, 4.69) is 36.1 Å². The maximum Gasteiger partial charge on any atom is 0.156 e. The summed E-state index contributed by atoms with van der Waals surface area (Å²) in [7, 11) is 0. The topological polar surface area (TPSA) is 60.8 Å². The lowest BCUT2D eigenvalue weighted by molar-refractivity contribution is -0.114. The quantitative estimate of drug-likeness (QED) is 0.757. The number of β-amino-alcohol motifs (C(OH)–C–C–N with tert-alkyl or cyclic N) is 1. The smallest absolute Gasteiger partial charge is 0.156 e. The number of fused-ring (bicyclic) bond motifs is 4. The van der Waals surface area contributed by atoms with Crippen molar-refractivity contribution in [3.63, 3.8) is 0 Å². The van der Waals surface area contributed by atoms with Crippen LogP contribution in [-0.4, -0.2) is 41.3 Å². The van der Waals surface area contributed by atoms with Crippen molar-refractivity contribution >= 4 is 11.5 Å². The van der Waals surface area contributed by atoms with Crippen molar-refractivity contribution < 1.29 is 15.0 Å². The summed E-state index contributed by atoms with van der Waals surface area (Å²) in [5.41, 5.74) is 6.85. The first-order valence-corrected chi connectivity index (χ1v) is 12.1. The second-order valence-corrected chi connectivity index (χ2v) is 10.8. The first-order chi connectivity index (χ1) is 14.9. The molecule has 3 fully saturated rings. The highest BCUT2D eigenvalue weighted by molar-refractivity contribution is 5.93. The zero-order valence-electron chi connectivity index (χ0n) is 18.4. The van der Waals surface area contributed by atoms with Gasteiger partial charge in [-0.05, 0) is 90.7 Å². The van der Waals surface area contributed by atoms with Gasteiger partial charge >= 0.3 is 0 Å². The summed E-state index contributed by atoms with van der Waals surface area (Å²) in [5.74, 6) is 1.70. The van der Waals surface area contributed by atoms with Gasteiger partial charge in [-0.2, -0.15) is 0 Å². The average molecular weight is 420 g/mol. The van der Waals surface area contributed by atoms with Crippen LogP contribution < -0.4 is 4.90 Å². The van der Waals surface area contributed by atoms with Crippen LogP contribution in [0.3, 0.4) is 0 Å². The third kappa shape index (κ3) is 2.98. The number of carbonyl (C=O) groups is 1. The molecule has 1 heterocycles. The average Bonchev–Trinajstić information content (AvgIpc) is 3.05. The van der Waals surface area contributed by atoms with E-state index in [0.29, 0.717) is 37.3 Å². The second-order valence-electron chi connectivity index (χ2n) is 10.8. The van der Waals surface area contributed by atoms with E-state index in [1.165, 1.54) is 22.4 Å². The molecule has 1 aliphatic heterocycles. The minimum Gasteiger partial charge on any atom is -0.393 e. The van der Waals surface area contributed by atoms with E-state index in [1.54, 1.807) is 5.57 Å². The van der Waals surface area contributed by atoms with Gasteiger partial charge in [-0.3, -0.25) is 4.79 Å². The van der Waals surface area contributed by atoms with Gasteiger partial charge in [-0.25, -0.2) is 0 Å². The van der Waals surface area contributed by atoms with Gasteiger partial charge < -0.3 is 15.1 Å². The summed E-state index contributed by atoms with van der Waals surface area (Å²) in [5, 5.41) is 20.6. The SMILES string of the molecule is CC12CC(c3ccc(N4CC(O)C4)cc3)C3=C4CCC(=O)C=C4CCC3C1CCC2O. The maximum absolute atomic E-state index is 12.1. The number of aliphatic hydroxyl groups excluding tert-OH is 2. The Hall–Kier alpha value is -1.91. The molecule has 4 nitrogen and oxygen atoms in total. The Balaban J connectivity index is 1.42. The van der Waals surface area contributed by atoms with Crippen LogP contribution >= 0.6 is 0 Å². The van der Waals surface area contributed by atoms with Crippen molar-refractivity contribution in [3.05, 3.63) is 52.6 Å². The van der Waals surface area contributed by atoms with Gasteiger partial charge in [-0.15, -0.1) is 0 Å². The van der Waals surface area contributed by atoms with Crippen LogP contribution in [0.25, 0.3) is 0 Å². The number of carbonyl (C=O) groups excluding carboxylic acids is 1. The fourth-order valence-corrected chi connectivity index (χ4v) is 7.52. The van der Waals surface area contributed by atoms with E-state index in [1.807, 2.05) is 6.08 Å². The van der Waals surface area contributed by atoms with E-state index < -0.39 is 0 Å². The van der Waals surface area contributed by atoms with E-state index in [4.69, 9.17) is 0 Å². The van der Waals surface area contributed by atoms with Crippen molar-refractivity contribution in [1.82, 2.24) is 0 Å². The van der Waals surface area contributed by atoms with Gasteiger partial charge in [0.1, 0.15) is 0 Å². The minimum absolute atomic E-state index is 0.0225. The number of anilines is 1. The third-order valence-electron chi connectivity index (χ3n) is 9.20. The number of rotatable bonds is 2. The number of hydrogen-bond donors (Lipinski definition) is 2. The number of ketones is 1. The fraction of sp³-hybridized carbons (Fsp3) is 0.593. The van der Waals surface area contributed by atoms with Crippen molar-refractivity contribution in [2.45, 2.75) is 70.0 Å². The summed E-state index contributed by atoms with van der Waals surface area (Å²) < 4.78 is 0. The third-order valence-corrected chi connectivity index (χ3v) is 9.20. The molecule has 4 heteroatoms. The Morgan fingerprint density at radius 3 is 2.52 bits per heavy atom. The summed E-state index contributed by atoms with van der Waals surface area (Å²) in [4.78, 5) is 14.3. The molecule has 2 N–H and O–H groups in total. The lowest BCUT2D eigenvalue weighted by Gasteiger charge is -2.52. The lowest BCUT2D eigenvalue weighted by atomic mass is 9.53. The van der Waals surface area contributed by atoms with Gasteiger partial charge in [0, 0.05) is 31.1 Å². The van der Waals surface area contributed by atoms with Crippen LogP contribution in [0, 0.1) is 17.3 Å². The molecular formula is C27H33NO3. The molecule has 4 aliphatic carbocycles. The van der Waals surface area contributed by atoms with Crippen LogP contribution in [-0.2, 0) is 4.79 Å². The van der Waals surface area contributed by atoms with Gasteiger partial charge in [0.25, 0.3) is 0 Å². The largest absolute Gasteiger partial charge is 0.393 e. The van der Waals surface area contributed by atoms with E-state index in [-0.39, 0.29) is 23.4 Å². The molecule has 0 spiro atoms. The monoisotopic (exact) mass is 419 g/mol. The first-order valence-electron chi connectivity index (χ1n) is 12.1. The maximum atomic E-state index is 12.1. The Morgan fingerprint density at radius 1 is 1.00 bits per heavy atom. The molecule has 0 bridgehead atoms. The zero-order valence-corrected chi connectivity index (χ0v) is 18.4. The number of nitrogens with zero attached hydrogens (tertiary/aromatic N) is 1. The van der Waals surface area contributed by atoms with Crippen LogP contribution in [0.4, 0.5) is 5.69 Å². The fourth-order valence-electron chi connectivity index (χ4n) is 7.52. The second kappa shape index (κ2) is 7.05. The summed E-state index contributed by atoms with van der Waals surface area (Å²) >= 11 is 0. The first kappa shape index (κ1) is 19.8. The molecule has 0 aromatic heterocycles. The van der Waals surface area contributed by atoms with Crippen molar-refractivity contribution in [1.29, 1.82) is 0 Å². The van der Waals surface area contributed by atoms with Crippen LogP contribution in [0.1, 0.15) is 63.4 Å². The van der Waals surface area contributed by atoms with Crippen LogP contribution in [0.2, 0.25) is 0 Å². The summed E-state index contributed by atoms with van der Waals surface area (Å²) in [6, 6.07) is 8.94. The number of benzene rings is 1. The van der Waals surface area contributed by atoms with Crippen molar-refractivity contribution in [2.75, 3.05) is 18.0 Å². The minimum atomic E-state index is -0.210. The molecule has 1 saturated heterocycles. The molecule has 6 rings (SSSR count). The molecule has 5 atom stereocenters. The molecule has 2 saturated carbocycles. The zero-order chi connectivity index (χ0) is 21.3. The highest BCUT2D eigenvalue weighted by atomic mass is 16.3. The molecular weight excluding hydrogens is 386 g/mol. The predicted molar refractivity (Wildman–Crippen MR) is 121 cm³/mol.